The average molecular weight is 729 g/mol. The highest BCUT2D eigenvalue weighted by Crippen LogP contribution is 2.27. The number of aliphatic hydroxyl groups is 4. The Morgan fingerprint density at radius 1 is 1.00 bits per heavy atom. The van der Waals surface area contributed by atoms with Crippen molar-refractivity contribution < 1.29 is 54.1 Å². The summed E-state index contributed by atoms with van der Waals surface area (Å²) in [5.74, 6) is -0.890. The molecule has 1 heterocycles. The molecule has 0 aliphatic carbocycles. The second-order valence-corrected chi connectivity index (χ2v) is 12.7. The molecule has 1 aliphatic heterocycles. The van der Waals surface area contributed by atoms with Gasteiger partial charge in [0.2, 0.25) is 5.91 Å². The lowest BCUT2D eigenvalue weighted by molar-refractivity contribution is -0.248. The summed E-state index contributed by atoms with van der Waals surface area (Å²) >= 11 is 0. The number of aliphatic carboxylic acids is 1. The molecule has 0 saturated carbocycles. The van der Waals surface area contributed by atoms with E-state index in [4.69, 9.17) is 30.5 Å². The van der Waals surface area contributed by atoms with Crippen LogP contribution in [0.15, 0.2) is 78.9 Å². The van der Waals surface area contributed by atoms with Crippen molar-refractivity contribution in [3.8, 4) is 22.6 Å². The molecule has 1 saturated heterocycles. The number of hydrogen-bond donors (Lipinski definition) is 8. The minimum Gasteiger partial charge on any atom is -0.504 e. The van der Waals surface area contributed by atoms with Crippen molar-refractivity contribution in [1.29, 1.82) is 0 Å². The van der Waals surface area contributed by atoms with Crippen molar-refractivity contribution in [2.75, 3.05) is 13.7 Å². The van der Waals surface area contributed by atoms with Crippen molar-refractivity contribution in [2.45, 2.75) is 89.6 Å². The van der Waals surface area contributed by atoms with E-state index in [1.165, 1.54) is 13.2 Å². The van der Waals surface area contributed by atoms with E-state index in [1.807, 2.05) is 30.3 Å². The monoisotopic (exact) mass is 728 g/mol. The van der Waals surface area contributed by atoms with Crippen molar-refractivity contribution in [3.63, 3.8) is 0 Å². The molecule has 286 valence electrons. The SMILES string of the molecule is CC(C(=O)O)c1ccc(-c2ccccc2)c(F)c1.COc1cc(CNC(=O)CCCC/C=C/C(C)C)ccc1O.N[C@H]1C(O)O[C@H](CO)[C@@H](O)[C@@H]1O. The summed E-state index contributed by atoms with van der Waals surface area (Å²) in [5, 5.41) is 57.4. The van der Waals surface area contributed by atoms with Gasteiger partial charge in [0.05, 0.1) is 25.7 Å². The number of hydrogen-bond acceptors (Lipinski definition) is 10. The molecule has 12 nitrogen and oxygen atoms in total. The first-order valence-electron chi connectivity index (χ1n) is 17.1. The number of nitrogens with two attached hydrogens (primary N) is 1. The predicted octanol–water partition coefficient (Wildman–Crippen LogP) is 4.22. The number of carbonyl (C=O) groups is 2. The third-order valence-electron chi connectivity index (χ3n) is 8.18. The van der Waals surface area contributed by atoms with Crippen LogP contribution in [0, 0.1) is 11.7 Å². The number of amides is 1. The fourth-order valence-corrected chi connectivity index (χ4v) is 4.95. The number of ether oxygens (including phenoxy) is 2. The van der Waals surface area contributed by atoms with Gasteiger partial charge in [0.1, 0.15) is 24.1 Å². The minimum atomic E-state index is -1.35. The largest absolute Gasteiger partial charge is 0.504 e. The highest BCUT2D eigenvalue weighted by Gasteiger charge is 2.41. The molecule has 1 fully saturated rings. The number of rotatable bonds is 13. The van der Waals surface area contributed by atoms with E-state index >= 15 is 0 Å². The molecule has 0 aromatic heterocycles. The number of carboxylic acids is 1. The lowest BCUT2D eigenvalue weighted by atomic mass is 9.97. The van der Waals surface area contributed by atoms with Gasteiger partial charge in [0.15, 0.2) is 17.8 Å². The molecule has 1 amide bonds. The van der Waals surface area contributed by atoms with Crippen LogP contribution in [0.2, 0.25) is 0 Å². The van der Waals surface area contributed by atoms with E-state index in [9.17, 15) is 29.3 Å². The van der Waals surface area contributed by atoms with E-state index in [0.717, 1.165) is 30.4 Å². The van der Waals surface area contributed by atoms with Gasteiger partial charge in [-0.1, -0.05) is 74.5 Å². The third kappa shape index (κ3) is 14.3. The lowest BCUT2D eigenvalue weighted by Crippen LogP contribution is -2.61. The molecule has 52 heavy (non-hydrogen) atoms. The zero-order valence-electron chi connectivity index (χ0n) is 30.1. The number of carboxylic acid groups (broad SMARTS) is 1. The van der Waals surface area contributed by atoms with E-state index in [-0.39, 0.29) is 11.7 Å². The Labute approximate surface area is 304 Å². The van der Waals surface area contributed by atoms with Crippen LogP contribution < -0.4 is 15.8 Å². The Morgan fingerprint density at radius 2 is 1.69 bits per heavy atom. The zero-order chi connectivity index (χ0) is 38.8. The predicted molar refractivity (Wildman–Crippen MR) is 195 cm³/mol. The highest BCUT2D eigenvalue weighted by atomic mass is 19.1. The van der Waals surface area contributed by atoms with Crippen molar-refractivity contribution >= 4 is 11.9 Å². The van der Waals surface area contributed by atoms with Crippen LogP contribution in [0.3, 0.4) is 0 Å². The van der Waals surface area contributed by atoms with E-state index < -0.39 is 55.0 Å². The molecule has 0 spiro atoms. The molecule has 13 heteroatoms. The number of unbranched alkanes of at least 4 members (excludes halogenated alkanes) is 2. The topological polar surface area (TPSA) is 212 Å². The molecule has 3 aromatic rings. The molecule has 4 rings (SSSR count). The van der Waals surface area contributed by atoms with Crippen LogP contribution in [-0.4, -0.2) is 86.9 Å². The first-order valence-corrected chi connectivity index (χ1v) is 17.1. The number of methoxy groups -OCH3 is 1. The normalized spacial score (nSPS) is 20.2. The van der Waals surface area contributed by atoms with E-state index in [2.05, 4.69) is 31.3 Å². The molecule has 0 radical (unpaired) electrons. The Balaban J connectivity index is 0.000000281. The van der Waals surface area contributed by atoms with Gasteiger partial charge in [0, 0.05) is 18.5 Å². The van der Waals surface area contributed by atoms with Gasteiger partial charge in [-0.3, -0.25) is 9.59 Å². The summed E-state index contributed by atoms with van der Waals surface area (Å²) in [7, 11) is 1.51. The highest BCUT2D eigenvalue weighted by molar-refractivity contribution is 5.76. The number of halogens is 1. The van der Waals surface area contributed by atoms with Gasteiger partial charge >= 0.3 is 5.97 Å². The van der Waals surface area contributed by atoms with Crippen molar-refractivity contribution in [3.05, 3.63) is 95.8 Å². The number of phenolic OH excluding ortho intramolecular Hbond substituents is 1. The maximum absolute atomic E-state index is 14.0. The summed E-state index contributed by atoms with van der Waals surface area (Å²) in [4.78, 5) is 22.6. The number of allylic oxidation sites excluding steroid dienone is 2. The molecule has 0 bridgehead atoms. The second kappa shape index (κ2) is 22.5. The summed E-state index contributed by atoms with van der Waals surface area (Å²) < 4.78 is 23.7. The van der Waals surface area contributed by atoms with Gasteiger partial charge in [-0.25, -0.2) is 4.39 Å². The van der Waals surface area contributed by atoms with Crippen LogP contribution in [0.25, 0.3) is 11.1 Å². The Bertz CT molecular complexity index is 1550. The third-order valence-corrected chi connectivity index (χ3v) is 8.18. The van der Waals surface area contributed by atoms with Crippen LogP contribution in [-0.2, 0) is 20.9 Å². The fraction of sp³-hybridized carbons (Fsp3) is 0.436. The Hall–Kier alpha value is -4.37. The number of phenols is 1. The zero-order valence-corrected chi connectivity index (χ0v) is 30.1. The average Bonchev–Trinajstić information content (AvgIpc) is 3.13. The Morgan fingerprint density at radius 3 is 2.29 bits per heavy atom. The van der Waals surface area contributed by atoms with Crippen LogP contribution in [0.4, 0.5) is 4.39 Å². The summed E-state index contributed by atoms with van der Waals surface area (Å²) in [5.41, 5.74) is 7.91. The standard InChI is InChI=1S/C18H27NO3.C15H13FO2.C6H13NO5/c1-14(2)8-6-4-5-7-9-18(21)19-13-15-10-11-16(20)17(12-15)22-3;1-10(15(17)18)12-7-8-13(14(16)9-12)11-5-3-2-4-6-11;7-3-5(10)4(9)2(1-8)12-6(3)11/h6,8,10-12,14,20H,4-5,7,9,13H2,1-3H3,(H,19,21);2-10H,1H3,(H,17,18);2-6,8-11H,1,7H2/b8-6+;;/t;;2-,3-,4-,5-,6?/m..1/s1. The van der Waals surface area contributed by atoms with E-state index in [0.29, 0.717) is 35.8 Å². The fourth-order valence-electron chi connectivity index (χ4n) is 4.95. The van der Waals surface area contributed by atoms with E-state index in [1.54, 1.807) is 37.3 Å². The molecule has 1 aliphatic rings. The molecule has 6 atom stereocenters. The van der Waals surface area contributed by atoms with Gasteiger partial charge in [-0.2, -0.15) is 0 Å². The molecular formula is C39H53FN2O10. The first-order chi connectivity index (χ1) is 24.7. The maximum Gasteiger partial charge on any atom is 0.310 e. The van der Waals surface area contributed by atoms with Crippen molar-refractivity contribution in [1.82, 2.24) is 5.32 Å². The molecule has 9 N–H and O–H groups in total. The molecule has 2 unspecified atom stereocenters. The summed E-state index contributed by atoms with van der Waals surface area (Å²) in [6.45, 7) is 5.83. The summed E-state index contributed by atoms with van der Waals surface area (Å²) in [6.07, 6.45) is 3.03. The number of benzene rings is 3. The summed E-state index contributed by atoms with van der Waals surface area (Å²) in [6, 6.07) is 17.8. The number of nitrogens with one attached hydrogen (secondary N) is 1. The lowest BCUT2D eigenvalue weighted by Gasteiger charge is -2.38. The molecular weight excluding hydrogens is 675 g/mol. The molecule has 3 aromatic carbocycles. The van der Waals surface area contributed by atoms with Gasteiger partial charge in [-0.05, 0) is 67.0 Å². The van der Waals surface area contributed by atoms with Gasteiger partial charge < -0.3 is 51.2 Å². The van der Waals surface area contributed by atoms with Gasteiger partial charge in [0.25, 0.3) is 0 Å². The smallest absolute Gasteiger partial charge is 0.310 e. The first kappa shape index (κ1) is 43.8. The minimum absolute atomic E-state index is 0.0554. The number of aliphatic hydroxyl groups excluding tert-OH is 4. The van der Waals surface area contributed by atoms with Crippen LogP contribution >= 0.6 is 0 Å². The number of carbonyl (C=O) groups excluding carboxylic acids is 1. The number of aromatic hydroxyl groups is 1. The maximum atomic E-state index is 14.0. The Kier molecular flexibility index (Phi) is 19.0. The van der Waals surface area contributed by atoms with Crippen LogP contribution in [0.5, 0.6) is 11.5 Å². The quantitative estimate of drug-likeness (QED) is 0.0923. The van der Waals surface area contributed by atoms with Gasteiger partial charge in [-0.15, -0.1) is 0 Å². The van der Waals surface area contributed by atoms with Crippen molar-refractivity contribution in [2.24, 2.45) is 11.7 Å². The second-order valence-electron chi connectivity index (χ2n) is 12.7. The van der Waals surface area contributed by atoms with Crippen LogP contribution in [0.1, 0.15) is 63.5 Å².